The Morgan fingerprint density at radius 2 is 1.77 bits per heavy atom. The summed E-state index contributed by atoms with van der Waals surface area (Å²) < 4.78 is 22.9. The van der Waals surface area contributed by atoms with Gasteiger partial charge in [-0.25, -0.2) is 8.42 Å². The van der Waals surface area contributed by atoms with Gasteiger partial charge in [0.25, 0.3) is 0 Å². The van der Waals surface area contributed by atoms with Crippen LogP contribution in [0.4, 0.5) is 0 Å². The van der Waals surface area contributed by atoms with E-state index in [9.17, 15) is 13.2 Å². The van der Waals surface area contributed by atoms with Gasteiger partial charge < -0.3 is 10.2 Å². The van der Waals surface area contributed by atoms with E-state index in [0.717, 1.165) is 31.5 Å². The highest BCUT2D eigenvalue weighted by Crippen LogP contribution is 2.20. The van der Waals surface area contributed by atoms with Gasteiger partial charge in [0, 0.05) is 12.2 Å². The van der Waals surface area contributed by atoms with Gasteiger partial charge in [-0.1, -0.05) is 12.1 Å². The SMILES string of the molecule is CC(NC(=O)C1CCN(C)CC1)c1ccc(S(C)(=O)=O)cc1. The third-order valence-corrected chi connectivity index (χ3v) is 5.38. The van der Waals surface area contributed by atoms with E-state index in [2.05, 4.69) is 17.3 Å². The molecule has 1 atom stereocenters. The lowest BCUT2D eigenvalue weighted by molar-refractivity contribution is -0.127. The second kappa shape index (κ2) is 6.79. The molecular weight excluding hydrogens is 300 g/mol. The third-order valence-electron chi connectivity index (χ3n) is 4.26. The molecule has 22 heavy (non-hydrogen) atoms. The van der Waals surface area contributed by atoms with Crippen molar-refractivity contribution in [2.45, 2.75) is 30.7 Å². The van der Waals surface area contributed by atoms with Gasteiger partial charge >= 0.3 is 0 Å². The number of likely N-dealkylation sites (tertiary alicyclic amines) is 1. The van der Waals surface area contributed by atoms with E-state index in [0.29, 0.717) is 4.90 Å². The fourth-order valence-corrected chi connectivity index (χ4v) is 3.32. The summed E-state index contributed by atoms with van der Waals surface area (Å²) in [6.07, 6.45) is 2.97. The molecule has 1 heterocycles. The molecule has 1 aliphatic rings. The van der Waals surface area contributed by atoms with Gasteiger partial charge in [0.2, 0.25) is 5.91 Å². The van der Waals surface area contributed by atoms with Crippen LogP contribution in [0.25, 0.3) is 0 Å². The predicted molar refractivity (Wildman–Crippen MR) is 86.3 cm³/mol. The second-order valence-electron chi connectivity index (χ2n) is 6.15. The van der Waals surface area contributed by atoms with Crippen LogP contribution in [-0.4, -0.2) is 45.6 Å². The van der Waals surface area contributed by atoms with Crippen molar-refractivity contribution in [3.8, 4) is 0 Å². The summed E-state index contributed by atoms with van der Waals surface area (Å²) in [5.74, 6) is 0.168. The summed E-state index contributed by atoms with van der Waals surface area (Å²) in [6.45, 7) is 3.83. The Morgan fingerprint density at radius 3 is 2.27 bits per heavy atom. The molecule has 0 aromatic heterocycles. The van der Waals surface area contributed by atoms with Crippen LogP contribution < -0.4 is 5.32 Å². The lowest BCUT2D eigenvalue weighted by atomic mass is 9.95. The average Bonchev–Trinajstić information content (AvgIpc) is 2.47. The summed E-state index contributed by atoms with van der Waals surface area (Å²) in [7, 11) is -1.11. The normalized spacial score (nSPS) is 18.9. The fourth-order valence-electron chi connectivity index (χ4n) is 2.69. The van der Waals surface area contributed by atoms with Crippen LogP contribution in [-0.2, 0) is 14.6 Å². The molecule has 1 N–H and O–H groups in total. The van der Waals surface area contributed by atoms with Crippen molar-refractivity contribution in [2.75, 3.05) is 26.4 Å². The molecule has 0 saturated carbocycles. The minimum Gasteiger partial charge on any atom is -0.349 e. The molecule has 0 aliphatic carbocycles. The second-order valence-corrected chi connectivity index (χ2v) is 8.16. The number of carbonyl (C=O) groups excluding carboxylic acids is 1. The summed E-state index contributed by atoms with van der Waals surface area (Å²) in [5, 5.41) is 3.03. The van der Waals surface area contributed by atoms with Crippen molar-refractivity contribution >= 4 is 15.7 Å². The zero-order valence-electron chi connectivity index (χ0n) is 13.4. The Kier molecular flexibility index (Phi) is 5.24. The first kappa shape index (κ1) is 17.0. The minimum absolute atomic E-state index is 0.0777. The van der Waals surface area contributed by atoms with Crippen molar-refractivity contribution in [2.24, 2.45) is 5.92 Å². The maximum Gasteiger partial charge on any atom is 0.223 e. The lowest BCUT2D eigenvalue weighted by Crippen LogP contribution is -2.39. The molecule has 0 spiro atoms. The van der Waals surface area contributed by atoms with E-state index >= 15 is 0 Å². The lowest BCUT2D eigenvalue weighted by Gasteiger charge is -2.29. The number of nitrogens with one attached hydrogen (secondary N) is 1. The Bertz CT molecular complexity index is 617. The van der Waals surface area contributed by atoms with Crippen molar-refractivity contribution < 1.29 is 13.2 Å². The molecule has 1 aliphatic heterocycles. The molecule has 122 valence electrons. The molecule has 1 aromatic rings. The highest BCUT2D eigenvalue weighted by Gasteiger charge is 2.24. The van der Waals surface area contributed by atoms with Crippen LogP contribution in [0.5, 0.6) is 0 Å². The summed E-state index contributed by atoms with van der Waals surface area (Å²) >= 11 is 0. The Morgan fingerprint density at radius 1 is 1.23 bits per heavy atom. The monoisotopic (exact) mass is 324 g/mol. The number of hydrogen-bond donors (Lipinski definition) is 1. The van der Waals surface area contributed by atoms with Crippen LogP contribution in [0.15, 0.2) is 29.2 Å². The quantitative estimate of drug-likeness (QED) is 0.914. The van der Waals surface area contributed by atoms with Crippen molar-refractivity contribution in [1.82, 2.24) is 10.2 Å². The van der Waals surface area contributed by atoms with E-state index in [1.807, 2.05) is 6.92 Å². The number of benzene rings is 1. The van der Waals surface area contributed by atoms with Gasteiger partial charge in [-0.05, 0) is 57.6 Å². The van der Waals surface area contributed by atoms with E-state index < -0.39 is 9.84 Å². The van der Waals surface area contributed by atoms with Crippen LogP contribution in [0.3, 0.4) is 0 Å². The van der Waals surface area contributed by atoms with Crippen LogP contribution in [0.2, 0.25) is 0 Å². The predicted octanol–water partition coefficient (Wildman–Crippen LogP) is 1.61. The van der Waals surface area contributed by atoms with Crippen LogP contribution in [0.1, 0.15) is 31.4 Å². The van der Waals surface area contributed by atoms with Crippen LogP contribution in [0, 0.1) is 5.92 Å². The maximum atomic E-state index is 12.3. The Labute approximate surface area is 132 Å². The molecule has 1 aromatic carbocycles. The Balaban J connectivity index is 1.97. The number of rotatable bonds is 4. The first-order valence-corrected chi connectivity index (χ1v) is 9.45. The highest BCUT2D eigenvalue weighted by molar-refractivity contribution is 7.90. The van der Waals surface area contributed by atoms with E-state index in [-0.39, 0.29) is 17.9 Å². The molecule has 0 radical (unpaired) electrons. The largest absolute Gasteiger partial charge is 0.349 e. The number of nitrogens with zero attached hydrogens (tertiary/aromatic N) is 1. The van der Waals surface area contributed by atoms with Crippen molar-refractivity contribution in [1.29, 1.82) is 0 Å². The standard InChI is InChI=1S/C16H24N2O3S/c1-12(13-4-6-15(7-5-13)22(3,20)21)17-16(19)14-8-10-18(2)11-9-14/h4-7,12,14H,8-11H2,1-3H3,(H,17,19). The molecule has 1 amide bonds. The molecule has 1 saturated heterocycles. The van der Waals surface area contributed by atoms with Crippen LogP contribution >= 0.6 is 0 Å². The van der Waals surface area contributed by atoms with Crippen molar-refractivity contribution in [3.63, 3.8) is 0 Å². The van der Waals surface area contributed by atoms with E-state index in [4.69, 9.17) is 0 Å². The molecular formula is C16H24N2O3S. The first-order chi connectivity index (χ1) is 10.3. The fraction of sp³-hybridized carbons (Fsp3) is 0.562. The van der Waals surface area contributed by atoms with Gasteiger partial charge in [-0.15, -0.1) is 0 Å². The zero-order valence-corrected chi connectivity index (χ0v) is 14.2. The van der Waals surface area contributed by atoms with Gasteiger partial charge in [-0.3, -0.25) is 4.79 Å². The van der Waals surface area contributed by atoms with Gasteiger partial charge in [0.05, 0.1) is 10.9 Å². The number of hydrogen-bond acceptors (Lipinski definition) is 4. The number of amides is 1. The van der Waals surface area contributed by atoms with Crippen molar-refractivity contribution in [3.05, 3.63) is 29.8 Å². The smallest absolute Gasteiger partial charge is 0.223 e. The average molecular weight is 324 g/mol. The topological polar surface area (TPSA) is 66.5 Å². The molecule has 5 nitrogen and oxygen atoms in total. The molecule has 1 fully saturated rings. The third kappa shape index (κ3) is 4.30. The van der Waals surface area contributed by atoms with Gasteiger partial charge in [0.1, 0.15) is 0 Å². The first-order valence-electron chi connectivity index (χ1n) is 7.56. The number of piperidine rings is 1. The molecule has 0 bridgehead atoms. The zero-order chi connectivity index (χ0) is 16.3. The summed E-state index contributed by atoms with van der Waals surface area (Å²) in [5.41, 5.74) is 0.911. The number of sulfone groups is 1. The Hall–Kier alpha value is -1.40. The summed E-state index contributed by atoms with van der Waals surface area (Å²) in [6, 6.07) is 6.57. The molecule has 2 rings (SSSR count). The molecule has 1 unspecified atom stereocenters. The minimum atomic E-state index is -3.18. The van der Waals surface area contributed by atoms with E-state index in [1.54, 1.807) is 24.3 Å². The number of carbonyl (C=O) groups is 1. The summed E-state index contributed by atoms with van der Waals surface area (Å²) in [4.78, 5) is 14.8. The van der Waals surface area contributed by atoms with Gasteiger partial charge in [0.15, 0.2) is 9.84 Å². The van der Waals surface area contributed by atoms with E-state index in [1.165, 1.54) is 6.26 Å². The molecule has 6 heteroatoms. The van der Waals surface area contributed by atoms with Gasteiger partial charge in [-0.2, -0.15) is 0 Å². The maximum absolute atomic E-state index is 12.3. The highest BCUT2D eigenvalue weighted by atomic mass is 32.2.